The maximum absolute atomic E-state index is 14.2. The number of carbonyl (C=O) groups is 2. The van der Waals surface area contributed by atoms with Gasteiger partial charge in [-0.25, -0.2) is 14.0 Å². The number of pyridine rings is 1. The van der Waals surface area contributed by atoms with Crippen LogP contribution in [-0.4, -0.2) is 27.1 Å². The van der Waals surface area contributed by atoms with Gasteiger partial charge in [0.05, 0.1) is 0 Å². The van der Waals surface area contributed by atoms with Crippen LogP contribution in [-0.2, 0) is 0 Å². The second-order valence-electron chi connectivity index (χ2n) is 4.44. The number of hydrogen-bond donors (Lipinski definition) is 4. The molecule has 0 aliphatic rings. The van der Waals surface area contributed by atoms with E-state index in [9.17, 15) is 29.0 Å². The summed E-state index contributed by atoms with van der Waals surface area (Å²) in [5.74, 6) is -2.71. The van der Waals surface area contributed by atoms with Gasteiger partial charge in [-0.3, -0.25) is 4.79 Å². The molecule has 23 heavy (non-hydrogen) atoms. The van der Waals surface area contributed by atoms with Crippen molar-refractivity contribution in [1.29, 1.82) is 0 Å². The molecule has 0 aliphatic carbocycles. The van der Waals surface area contributed by atoms with Crippen LogP contribution in [0.4, 0.5) is 10.2 Å². The van der Waals surface area contributed by atoms with E-state index in [1.807, 2.05) is 4.98 Å². The number of H-pyrrole nitrogens is 1. The van der Waals surface area contributed by atoms with Crippen molar-refractivity contribution in [1.82, 2.24) is 4.98 Å². The highest BCUT2D eigenvalue weighted by molar-refractivity contribution is 6.07. The summed E-state index contributed by atoms with van der Waals surface area (Å²) in [7, 11) is 0. The lowest BCUT2D eigenvalue weighted by Crippen LogP contribution is -2.24. The maximum Gasteiger partial charge on any atom is 0.342 e. The third-order valence-electron chi connectivity index (χ3n) is 3.08. The van der Waals surface area contributed by atoms with Crippen LogP contribution in [0.3, 0.4) is 0 Å². The van der Waals surface area contributed by atoms with Gasteiger partial charge < -0.3 is 20.9 Å². The topological polar surface area (TPSA) is 133 Å². The van der Waals surface area contributed by atoms with E-state index in [2.05, 4.69) is 5.92 Å². The zero-order valence-electron chi connectivity index (χ0n) is 11.4. The first-order chi connectivity index (χ1) is 10.8. The molecule has 2 rings (SSSR count). The fraction of sp³-hybridized carbons (Fsp3) is 0. The van der Waals surface area contributed by atoms with Crippen molar-refractivity contribution in [3.05, 3.63) is 51.1 Å². The number of aromatic nitrogens is 1. The van der Waals surface area contributed by atoms with Crippen LogP contribution in [0.1, 0.15) is 26.3 Å². The Kier molecular flexibility index (Phi) is 3.88. The number of nitrogen functional groups attached to an aromatic ring is 1. The van der Waals surface area contributed by atoms with Gasteiger partial charge >= 0.3 is 11.9 Å². The van der Waals surface area contributed by atoms with Crippen molar-refractivity contribution in [2.75, 3.05) is 5.73 Å². The monoisotopic (exact) mass is 316 g/mol. The van der Waals surface area contributed by atoms with Crippen LogP contribution in [0.15, 0.2) is 23.0 Å². The van der Waals surface area contributed by atoms with Crippen molar-refractivity contribution in [3.63, 3.8) is 0 Å². The van der Waals surface area contributed by atoms with Gasteiger partial charge in [0.25, 0.3) is 5.56 Å². The molecular formula is C15H9FN2O5. The van der Waals surface area contributed by atoms with Crippen molar-refractivity contribution in [3.8, 4) is 23.5 Å². The molecule has 0 radical (unpaired) electrons. The molecule has 0 atom stereocenters. The number of aromatic amines is 1. The van der Waals surface area contributed by atoms with Crippen LogP contribution >= 0.6 is 0 Å². The molecule has 0 amide bonds. The fourth-order valence-electron chi connectivity index (χ4n) is 2.12. The van der Waals surface area contributed by atoms with E-state index >= 15 is 0 Å². The van der Waals surface area contributed by atoms with Crippen molar-refractivity contribution in [2.24, 2.45) is 0 Å². The summed E-state index contributed by atoms with van der Waals surface area (Å²) in [4.78, 5) is 36.5. The molecule has 1 aromatic heterocycles. The average molecular weight is 316 g/mol. The van der Waals surface area contributed by atoms with Gasteiger partial charge in [-0.15, -0.1) is 6.42 Å². The molecule has 1 aromatic carbocycles. The van der Waals surface area contributed by atoms with Crippen molar-refractivity contribution < 1.29 is 24.2 Å². The standard InChI is InChI=1S/C15H9FN2O5/c1-2-6-3-4-7(8(16)5-6)9-10(14(20)21)12(17)18-13(19)11(9)15(22)23/h1,3-5H,(H,20,21)(H,22,23)(H3,17,18,19). The highest BCUT2D eigenvalue weighted by Crippen LogP contribution is 2.31. The SMILES string of the molecule is C#Cc1ccc(-c2c(C(=O)O)c(N)[nH]c(=O)c2C(=O)O)c(F)c1. The van der Waals surface area contributed by atoms with Crippen LogP contribution in [0.5, 0.6) is 0 Å². The normalized spacial score (nSPS) is 10.1. The van der Waals surface area contributed by atoms with Gasteiger partial charge in [0.15, 0.2) is 0 Å². The van der Waals surface area contributed by atoms with E-state index in [4.69, 9.17) is 12.2 Å². The average Bonchev–Trinajstić information content (AvgIpc) is 2.45. The molecule has 116 valence electrons. The first-order valence-electron chi connectivity index (χ1n) is 6.06. The molecular weight excluding hydrogens is 307 g/mol. The van der Waals surface area contributed by atoms with E-state index in [0.29, 0.717) is 0 Å². The molecule has 1 heterocycles. The summed E-state index contributed by atoms with van der Waals surface area (Å²) >= 11 is 0. The summed E-state index contributed by atoms with van der Waals surface area (Å²) in [5.41, 5.74) is 1.81. The van der Waals surface area contributed by atoms with Gasteiger partial charge in [-0.05, 0) is 12.1 Å². The van der Waals surface area contributed by atoms with Crippen LogP contribution in [0.25, 0.3) is 11.1 Å². The van der Waals surface area contributed by atoms with Gasteiger partial charge in [-0.2, -0.15) is 0 Å². The highest BCUT2D eigenvalue weighted by atomic mass is 19.1. The molecule has 0 unspecified atom stereocenters. The third-order valence-corrected chi connectivity index (χ3v) is 3.08. The molecule has 0 spiro atoms. The first-order valence-corrected chi connectivity index (χ1v) is 6.06. The number of halogens is 1. The predicted octanol–water partition coefficient (Wildman–Crippen LogP) is 1.14. The Morgan fingerprint density at radius 1 is 1.22 bits per heavy atom. The van der Waals surface area contributed by atoms with Gasteiger partial charge in [0, 0.05) is 16.7 Å². The Hall–Kier alpha value is -3.60. The highest BCUT2D eigenvalue weighted by Gasteiger charge is 2.28. The Balaban J connectivity index is 3.00. The summed E-state index contributed by atoms with van der Waals surface area (Å²) < 4.78 is 14.2. The molecule has 0 fully saturated rings. The number of aromatic carboxylic acids is 2. The number of carboxylic acids is 2. The summed E-state index contributed by atoms with van der Waals surface area (Å²) in [5, 5.41) is 18.4. The van der Waals surface area contributed by atoms with Gasteiger partial charge in [0.1, 0.15) is 22.8 Å². The van der Waals surface area contributed by atoms with Crippen molar-refractivity contribution in [2.45, 2.75) is 0 Å². The minimum Gasteiger partial charge on any atom is -0.478 e. The first kappa shape index (κ1) is 15.8. The zero-order valence-corrected chi connectivity index (χ0v) is 11.4. The van der Waals surface area contributed by atoms with E-state index in [1.165, 1.54) is 6.07 Å². The Bertz CT molecular complexity index is 940. The maximum atomic E-state index is 14.2. The van der Waals surface area contributed by atoms with E-state index in [1.54, 1.807) is 0 Å². The zero-order chi connectivity index (χ0) is 17.3. The van der Waals surface area contributed by atoms with E-state index in [0.717, 1.165) is 12.1 Å². The van der Waals surface area contributed by atoms with Crippen molar-refractivity contribution >= 4 is 17.8 Å². The predicted molar refractivity (Wildman–Crippen MR) is 78.7 cm³/mol. The second kappa shape index (κ2) is 5.65. The van der Waals surface area contributed by atoms with E-state index < -0.39 is 51.4 Å². The third kappa shape index (κ3) is 2.63. The Morgan fingerprint density at radius 2 is 1.83 bits per heavy atom. The molecule has 7 nitrogen and oxygen atoms in total. The number of terminal acetylenes is 1. The van der Waals surface area contributed by atoms with Crippen LogP contribution in [0, 0.1) is 18.2 Å². The Morgan fingerprint density at radius 3 is 2.30 bits per heavy atom. The quantitative estimate of drug-likeness (QED) is 0.627. The largest absolute Gasteiger partial charge is 0.478 e. The molecule has 2 aromatic rings. The number of hydrogen-bond acceptors (Lipinski definition) is 4. The lowest BCUT2D eigenvalue weighted by Gasteiger charge is -2.12. The van der Waals surface area contributed by atoms with E-state index in [-0.39, 0.29) is 5.56 Å². The minimum absolute atomic E-state index is 0.165. The number of nitrogens with two attached hydrogens (primary N) is 1. The summed E-state index contributed by atoms with van der Waals surface area (Å²) in [6.07, 6.45) is 5.13. The molecule has 0 aliphatic heterocycles. The lowest BCUT2D eigenvalue weighted by atomic mass is 9.94. The number of rotatable bonds is 3. The van der Waals surface area contributed by atoms with Gasteiger partial charge in [-0.1, -0.05) is 12.0 Å². The summed E-state index contributed by atoms with van der Waals surface area (Å²) in [6.45, 7) is 0. The lowest BCUT2D eigenvalue weighted by molar-refractivity contribution is 0.0695. The Labute approximate surface area is 128 Å². The summed E-state index contributed by atoms with van der Waals surface area (Å²) in [6, 6.07) is 3.30. The molecule has 5 N–H and O–H groups in total. The second-order valence-corrected chi connectivity index (χ2v) is 4.44. The molecule has 0 bridgehead atoms. The molecule has 8 heteroatoms. The number of carboxylic acid groups (broad SMARTS) is 2. The van der Waals surface area contributed by atoms with Gasteiger partial charge in [0.2, 0.25) is 0 Å². The number of nitrogens with one attached hydrogen (secondary N) is 1. The van der Waals surface area contributed by atoms with Crippen LogP contribution < -0.4 is 11.3 Å². The number of benzene rings is 1. The smallest absolute Gasteiger partial charge is 0.342 e. The molecule has 0 saturated heterocycles. The fourth-order valence-corrected chi connectivity index (χ4v) is 2.12. The van der Waals surface area contributed by atoms with Crippen LogP contribution in [0.2, 0.25) is 0 Å². The molecule has 0 saturated carbocycles. The minimum atomic E-state index is -1.72. The number of anilines is 1.